The predicted molar refractivity (Wildman–Crippen MR) is 126 cm³/mol. The van der Waals surface area contributed by atoms with E-state index in [1.807, 2.05) is 65.1 Å². The molecule has 0 amide bonds. The molecule has 2 unspecified atom stereocenters. The molecule has 160 valence electrons. The number of carbonyl (C=O) groups is 2. The maximum Gasteiger partial charge on any atom is 0.338 e. The van der Waals surface area contributed by atoms with Crippen LogP contribution in [0.25, 0.3) is 0 Å². The average Bonchev–Trinajstić information content (AvgIpc) is 2.79. The summed E-state index contributed by atoms with van der Waals surface area (Å²) in [7, 11) is -0.438. The van der Waals surface area contributed by atoms with Gasteiger partial charge in [0.2, 0.25) is 0 Å². The van der Waals surface area contributed by atoms with Gasteiger partial charge in [0.1, 0.15) is 23.0 Å². The van der Waals surface area contributed by atoms with Crippen LogP contribution < -0.4 is 0 Å². The van der Waals surface area contributed by atoms with Gasteiger partial charge in [-0.1, -0.05) is 40.8 Å². The molecular weight excluding hydrogens is 530 g/mol. The molecule has 0 saturated carbocycles. The largest absolute Gasteiger partial charge is 0.461 e. The van der Waals surface area contributed by atoms with Gasteiger partial charge in [-0.05, 0) is 67.6 Å². The molecule has 3 aromatic carbocycles. The lowest BCUT2D eigenvalue weighted by atomic mass is 10.2. The van der Waals surface area contributed by atoms with Gasteiger partial charge < -0.3 is 9.47 Å². The summed E-state index contributed by atoms with van der Waals surface area (Å²) in [5, 5.41) is 0. The molecule has 0 aliphatic carbocycles. The maximum absolute atomic E-state index is 13.4. The second-order valence-corrected chi connectivity index (χ2v) is 10.4. The fraction of sp³-hybridized carbons (Fsp3) is 0.167. The Kier molecular flexibility index (Phi) is 8.48. The minimum atomic E-state index is -0.480. The van der Waals surface area contributed by atoms with E-state index < -0.39 is 16.9 Å². The first kappa shape index (κ1) is 23.3. The second-order valence-electron chi connectivity index (χ2n) is 6.52. The lowest BCUT2D eigenvalue weighted by Crippen LogP contribution is -2.18. The monoisotopic (exact) mass is 551 g/mol. The first-order chi connectivity index (χ1) is 15.0. The number of rotatable bonds is 8. The Hall–Kier alpha value is -2.39. The molecule has 0 saturated heterocycles. The summed E-state index contributed by atoms with van der Waals surface area (Å²) in [6.07, 6.45) is 0. The molecule has 3 aromatic rings. The number of alkyl halides is 1. The van der Waals surface area contributed by atoms with Gasteiger partial charge in [0, 0.05) is 0 Å². The third-order valence-corrected chi connectivity index (χ3v) is 6.98. The van der Waals surface area contributed by atoms with Crippen molar-refractivity contribution in [3.8, 4) is 0 Å². The molecule has 3 rings (SSSR count). The molecule has 0 fully saturated rings. The Labute approximate surface area is 197 Å². The van der Waals surface area contributed by atoms with E-state index in [-0.39, 0.29) is 28.9 Å². The fourth-order valence-electron chi connectivity index (χ4n) is 2.74. The van der Waals surface area contributed by atoms with E-state index in [0.717, 1.165) is 14.7 Å². The van der Waals surface area contributed by atoms with Crippen LogP contribution in [0.3, 0.4) is 0 Å². The second kappa shape index (κ2) is 11.3. The van der Waals surface area contributed by atoms with Crippen molar-refractivity contribution in [2.45, 2.75) is 25.5 Å². The predicted octanol–water partition coefficient (Wildman–Crippen LogP) is 5.44. The molecular formula is C24H21FIO4S+. The van der Waals surface area contributed by atoms with E-state index >= 15 is 0 Å². The van der Waals surface area contributed by atoms with Gasteiger partial charge in [-0.25, -0.2) is 9.18 Å². The van der Waals surface area contributed by atoms with Gasteiger partial charge in [-0.3, -0.25) is 4.79 Å². The van der Waals surface area contributed by atoms with Crippen LogP contribution in [0.4, 0.5) is 4.39 Å². The Morgan fingerprint density at radius 1 is 0.839 bits per heavy atom. The Morgan fingerprint density at radius 3 is 1.94 bits per heavy atom. The minimum absolute atomic E-state index is 0.000343. The van der Waals surface area contributed by atoms with Crippen molar-refractivity contribution in [2.24, 2.45) is 0 Å². The zero-order valence-corrected chi connectivity index (χ0v) is 19.8. The van der Waals surface area contributed by atoms with Gasteiger partial charge >= 0.3 is 11.9 Å². The van der Waals surface area contributed by atoms with Crippen LogP contribution in [-0.2, 0) is 25.2 Å². The molecule has 4 nitrogen and oxygen atoms in total. The van der Waals surface area contributed by atoms with Crippen LogP contribution in [0.2, 0.25) is 0 Å². The lowest BCUT2D eigenvalue weighted by molar-refractivity contribution is -0.143. The SMILES string of the molecule is CC(I)C(=O)OCCOC(=O)c1ccc([S+](c2ccccc2)c2ccc(F)cc2)cc1. The highest BCUT2D eigenvalue weighted by molar-refractivity contribution is 14.1. The lowest BCUT2D eigenvalue weighted by Gasteiger charge is -2.09. The van der Waals surface area contributed by atoms with E-state index in [1.165, 1.54) is 12.1 Å². The Bertz CT molecular complexity index is 1010. The summed E-state index contributed by atoms with van der Waals surface area (Å²) in [4.78, 5) is 26.8. The molecule has 0 bridgehead atoms. The van der Waals surface area contributed by atoms with Crippen LogP contribution in [0.15, 0.2) is 93.5 Å². The number of halogens is 2. The molecule has 0 heterocycles. The highest BCUT2D eigenvalue weighted by Crippen LogP contribution is 2.31. The molecule has 31 heavy (non-hydrogen) atoms. The molecule has 7 heteroatoms. The number of benzene rings is 3. The van der Waals surface area contributed by atoms with Gasteiger partial charge in [-0.2, -0.15) is 0 Å². The number of hydrogen-bond donors (Lipinski definition) is 0. The third kappa shape index (κ3) is 6.54. The summed E-state index contributed by atoms with van der Waals surface area (Å²) in [6.45, 7) is 1.75. The van der Waals surface area contributed by atoms with Crippen molar-refractivity contribution in [3.05, 3.63) is 90.2 Å². The quantitative estimate of drug-likeness (QED) is 0.123. The van der Waals surface area contributed by atoms with Crippen LogP contribution in [0, 0.1) is 5.82 Å². The zero-order chi connectivity index (χ0) is 22.2. The molecule has 0 N–H and O–H groups in total. The standard InChI is InChI=1S/C24H21FIO4S/c1-17(26)23(27)29-15-16-30-24(28)18-7-11-21(12-8-18)31(20-5-3-2-4-6-20)22-13-9-19(25)10-14-22/h2-14,17H,15-16H2,1H3/q+1. The Balaban J connectivity index is 1.72. The number of hydrogen-bond acceptors (Lipinski definition) is 4. The van der Waals surface area contributed by atoms with Gasteiger partial charge in [0.25, 0.3) is 0 Å². The van der Waals surface area contributed by atoms with Crippen LogP contribution >= 0.6 is 22.6 Å². The van der Waals surface area contributed by atoms with Crippen LogP contribution in [0.5, 0.6) is 0 Å². The summed E-state index contributed by atoms with van der Waals surface area (Å²) in [5.41, 5.74) is 0.410. The number of ether oxygens (including phenoxy) is 2. The van der Waals surface area contributed by atoms with Gasteiger partial charge in [0.15, 0.2) is 14.7 Å². The highest BCUT2D eigenvalue weighted by atomic mass is 127. The molecule has 0 radical (unpaired) electrons. The Morgan fingerprint density at radius 2 is 1.35 bits per heavy atom. The molecule has 0 spiro atoms. The molecule has 0 aromatic heterocycles. The topological polar surface area (TPSA) is 52.6 Å². The van der Waals surface area contributed by atoms with E-state index in [4.69, 9.17) is 9.47 Å². The zero-order valence-electron chi connectivity index (χ0n) is 16.8. The minimum Gasteiger partial charge on any atom is -0.461 e. The van der Waals surface area contributed by atoms with Crippen molar-refractivity contribution in [1.82, 2.24) is 0 Å². The third-order valence-electron chi connectivity index (χ3n) is 4.24. The summed E-state index contributed by atoms with van der Waals surface area (Å²) >= 11 is 1.96. The summed E-state index contributed by atoms with van der Waals surface area (Å²) in [5.74, 6) is -1.10. The first-order valence-corrected chi connectivity index (χ1v) is 12.1. The smallest absolute Gasteiger partial charge is 0.338 e. The van der Waals surface area contributed by atoms with Crippen molar-refractivity contribution in [3.63, 3.8) is 0 Å². The van der Waals surface area contributed by atoms with Gasteiger partial charge in [0.05, 0.1) is 16.5 Å². The van der Waals surface area contributed by atoms with Crippen molar-refractivity contribution >= 4 is 45.4 Å². The fourth-order valence-corrected chi connectivity index (χ4v) is 4.98. The number of carbonyl (C=O) groups excluding carboxylic acids is 2. The average molecular weight is 551 g/mol. The maximum atomic E-state index is 13.4. The van der Waals surface area contributed by atoms with Crippen molar-refractivity contribution < 1.29 is 23.5 Å². The molecule has 2 atom stereocenters. The van der Waals surface area contributed by atoms with Crippen LogP contribution in [0.1, 0.15) is 17.3 Å². The van der Waals surface area contributed by atoms with E-state index in [0.29, 0.717) is 5.56 Å². The molecule has 0 aliphatic rings. The summed E-state index contributed by atoms with van der Waals surface area (Å²) in [6, 6.07) is 23.6. The number of esters is 2. The van der Waals surface area contributed by atoms with E-state index in [9.17, 15) is 14.0 Å². The first-order valence-electron chi connectivity index (χ1n) is 9.58. The van der Waals surface area contributed by atoms with Crippen molar-refractivity contribution in [1.29, 1.82) is 0 Å². The van der Waals surface area contributed by atoms with E-state index in [2.05, 4.69) is 0 Å². The highest BCUT2D eigenvalue weighted by Gasteiger charge is 2.28. The molecule has 0 aliphatic heterocycles. The van der Waals surface area contributed by atoms with Crippen molar-refractivity contribution in [2.75, 3.05) is 13.2 Å². The van der Waals surface area contributed by atoms with Crippen LogP contribution in [-0.4, -0.2) is 29.1 Å². The van der Waals surface area contributed by atoms with E-state index in [1.54, 1.807) is 31.2 Å². The normalized spacial score (nSPS) is 12.6. The summed E-state index contributed by atoms with van der Waals surface area (Å²) < 4.78 is 23.4. The van der Waals surface area contributed by atoms with Gasteiger partial charge in [-0.15, -0.1) is 0 Å².